The molecule has 0 bridgehead atoms. The van der Waals surface area contributed by atoms with Crippen LogP contribution in [0.5, 0.6) is 0 Å². The molecule has 3 fully saturated rings. The first-order valence-corrected chi connectivity index (χ1v) is 13.0. The normalized spacial score (nSPS) is 27.7. The number of hydrogen-bond donors (Lipinski definition) is 1. The Bertz CT molecular complexity index is 1000. The second-order valence-electron chi connectivity index (χ2n) is 8.28. The summed E-state index contributed by atoms with van der Waals surface area (Å²) in [6, 6.07) is 2.49. The molecule has 1 aromatic heterocycles. The minimum atomic E-state index is -3.65. The Morgan fingerprint density at radius 1 is 1.23 bits per heavy atom. The summed E-state index contributed by atoms with van der Waals surface area (Å²) in [6.07, 6.45) is 3.34. The SMILES string of the molecule is C[C@H]1CCCC[C@]12NC(=O)N(CC(=O)N1CCN(S(=O)(=O)c3ccc(Cl)s3)CC1)C2=O. The average molecular weight is 489 g/mol. The number of hydrogen-bond acceptors (Lipinski definition) is 6. The van der Waals surface area contributed by atoms with Gasteiger partial charge in [-0.1, -0.05) is 31.4 Å². The second-order valence-corrected chi connectivity index (χ2v) is 12.2. The van der Waals surface area contributed by atoms with Crippen LogP contribution in [0, 0.1) is 5.92 Å². The number of carbonyl (C=O) groups excluding carboxylic acids is 3. The molecule has 4 rings (SSSR count). The fourth-order valence-electron chi connectivity index (χ4n) is 4.62. The third-order valence-electron chi connectivity index (χ3n) is 6.53. The second kappa shape index (κ2) is 8.34. The highest BCUT2D eigenvalue weighted by atomic mass is 35.5. The molecule has 4 amide bonds. The van der Waals surface area contributed by atoms with Crippen LogP contribution in [0.2, 0.25) is 4.34 Å². The zero-order chi connectivity index (χ0) is 22.4. The maximum Gasteiger partial charge on any atom is 0.325 e. The van der Waals surface area contributed by atoms with E-state index in [1.165, 1.54) is 21.3 Å². The minimum Gasteiger partial charge on any atom is -0.338 e. The molecule has 1 saturated carbocycles. The van der Waals surface area contributed by atoms with Crippen LogP contribution in [0.4, 0.5) is 4.79 Å². The molecule has 3 aliphatic rings. The molecule has 0 unspecified atom stereocenters. The largest absolute Gasteiger partial charge is 0.338 e. The van der Waals surface area contributed by atoms with Crippen molar-refractivity contribution < 1.29 is 22.8 Å². The van der Waals surface area contributed by atoms with Gasteiger partial charge in [0, 0.05) is 26.2 Å². The molecule has 0 radical (unpaired) electrons. The van der Waals surface area contributed by atoms with E-state index in [-0.39, 0.29) is 54.7 Å². The topological polar surface area (TPSA) is 107 Å². The first-order chi connectivity index (χ1) is 14.6. The lowest BCUT2D eigenvalue weighted by atomic mass is 9.73. The molecular weight excluding hydrogens is 464 g/mol. The monoisotopic (exact) mass is 488 g/mol. The summed E-state index contributed by atoms with van der Waals surface area (Å²) in [5.74, 6) is -0.661. The van der Waals surface area contributed by atoms with Crippen LogP contribution in [0.3, 0.4) is 0 Å². The van der Waals surface area contributed by atoms with Crippen LogP contribution in [0.25, 0.3) is 0 Å². The Balaban J connectivity index is 1.37. The fourth-order valence-corrected chi connectivity index (χ4v) is 7.67. The Morgan fingerprint density at radius 3 is 2.55 bits per heavy atom. The number of imide groups is 1. The van der Waals surface area contributed by atoms with Gasteiger partial charge < -0.3 is 10.2 Å². The van der Waals surface area contributed by atoms with Crippen LogP contribution in [-0.2, 0) is 19.6 Å². The van der Waals surface area contributed by atoms with Crippen molar-refractivity contribution in [2.45, 2.75) is 42.4 Å². The van der Waals surface area contributed by atoms with Gasteiger partial charge in [-0.15, -0.1) is 11.3 Å². The molecule has 0 aromatic carbocycles. The number of thiophene rings is 1. The van der Waals surface area contributed by atoms with Crippen LogP contribution in [0.1, 0.15) is 32.6 Å². The smallest absolute Gasteiger partial charge is 0.325 e. The molecule has 1 aliphatic carbocycles. The van der Waals surface area contributed by atoms with Gasteiger partial charge in [-0.25, -0.2) is 13.2 Å². The molecule has 3 heterocycles. The number of nitrogens with zero attached hydrogens (tertiary/aromatic N) is 3. The number of nitrogens with one attached hydrogen (secondary N) is 1. The van der Waals surface area contributed by atoms with Crippen molar-refractivity contribution in [2.75, 3.05) is 32.7 Å². The van der Waals surface area contributed by atoms with Gasteiger partial charge in [0.2, 0.25) is 5.91 Å². The molecular formula is C19H25ClN4O5S2. The van der Waals surface area contributed by atoms with E-state index in [4.69, 9.17) is 11.6 Å². The maximum atomic E-state index is 13.0. The molecule has 2 saturated heterocycles. The van der Waals surface area contributed by atoms with Crippen molar-refractivity contribution in [3.05, 3.63) is 16.5 Å². The molecule has 31 heavy (non-hydrogen) atoms. The van der Waals surface area contributed by atoms with Crippen LogP contribution >= 0.6 is 22.9 Å². The summed E-state index contributed by atoms with van der Waals surface area (Å²) in [4.78, 5) is 40.8. The van der Waals surface area contributed by atoms with Gasteiger partial charge >= 0.3 is 6.03 Å². The van der Waals surface area contributed by atoms with Gasteiger partial charge in [-0.2, -0.15) is 4.31 Å². The van der Waals surface area contributed by atoms with E-state index in [0.717, 1.165) is 35.5 Å². The number of amides is 4. The summed E-state index contributed by atoms with van der Waals surface area (Å²) in [6.45, 7) is 2.32. The Hall–Kier alpha value is -1.69. The number of piperazine rings is 1. The van der Waals surface area contributed by atoms with Gasteiger partial charge in [0.15, 0.2) is 0 Å². The number of sulfonamides is 1. The van der Waals surface area contributed by atoms with Gasteiger partial charge in [-0.05, 0) is 30.9 Å². The highest BCUT2D eigenvalue weighted by Gasteiger charge is 2.55. The van der Waals surface area contributed by atoms with E-state index in [9.17, 15) is 22.8 Å². The number of urea groups is 1. The van der Waals surface area contributed by atoms with Crippen molar-refractivity contribution in [1.82, 2.24) is 19.4 Å². The molecule has 2 aliphatic heterocycles. The minimum absolute atomic E-state index is 0.0253. The standard InChI is InChI=1S/C19H25ClN4O5S2/c1-13-4-2-3-7-19(13)17(26)24(18(27)21-19)12-15(25)22-8-10-23(11-9-22)31(28,29)16-6-5-14(20)30-16/h5-6,13H,2-4,7-12H2,1H3,(H,21,27)/t13-,19-/m0/s1. The third-order valence-corrected chi connectivity index (χ3v) is 10.1. The van der Waals surface area contributed by atoms with Crippen molar-refractivity contribution >= 4 is 50.8 Å². The Labute approximate surface area is 190 Å². The molecule has 12 heteroatoms. The summed E-state index contributed by atoms with van der Waals surface area (Å²) >= 11 is 6.85. The summed E-state index contributed by atoms with van der Waals surface area (Å²) < 4.78 is 27.3. The first-order valence-electron chi connectivity index (χ1n) is 10.3. The van der Waals surface area contributed by atoms with Crippen molar-refractivity contribution in [3.63, 3.8) is 0 Å². The van der Waals surface area contributed by atoms with Crippen LogP contribution in [0.15, 0.2) is 16.3 Å². The van der Waals surface area contributed by atoms with Crippen LogP contribution in [-0.4, -0.2) is 78.6 Å². The fraction of sp³-hybridized carbons (Fsp3) is 0.632. The van der Waals surface area contributed by atoms with Crippen molar-refractivity contribution in [2.24, 2.45) is 5.92 Å². The van der Waals surface area contributed by atoms with Gasteiger partial charge in [0.25, 0.3) is 15.9 Å². The molecule has 170 valence electrons. The van der Waals surface area contributed by atoms with Gasteiger partial charge in [0.05, 0.1) is 4.34 Å². The zero-order valence-corrected chi connectivity index (χ0v) is 19.6. The van der Waals surface area contributed by atoms with E-state index in [2.05, 4.69) is 5.32 Å². The van der Waals surface area contributed by atoms with Crippen molar-refractivity contribution in [1.29, 1.82) is 0 Å². The van der Waals surface area contributed by atoms with E-state index in [0.29, 0.717) is 10.8 Å². The molecule has 2 atom stereocenters. The summed E-state index contributed by atoms with van der Waals surface area (Å²) in [5.41, 5.74) is -0.898. The zero-order valence-electron chi connectivity index (χ0n) is 17.2. The lowest BCUT2D eigenvalue weighted by Crippen LogP contribution is -2.55. The van der Waals surface area contributed by atoms with Crippen LogP contribution < -0.4 is 5.32 Å². The van der Waals surface area contributed by atoms with E-state index in [1.54, 1.807) is 0 Å². The Kier molecular flexibility index (Phi) is 6.06. The molecule has 1 aromatic rings. The lowest BCUT2D eigenvalue weighted by molar-refractivity contribution is -0.141. The van der Waals surface area contributed by atoms with E-state index >= 15 is 0 Å². The summed E-state index contributed by atoms with van der Waals surface area (Å²) in [5, 5.41) is 2.84. The number of rotatable bonds is 4. The van der Waals surface area contributed by atoms with E-state index < -0.39 is 21.6 Å². The first kappa shape index (κ1) is 22.5. The van der Waals surface area contributed by atoms with Gasteiger partial charge in [-0.3, -0.25) is 14.5 Å². The predicted molar refractivity (Wildman–Crippen MR) is 115 cm³/mol. The number of carbonyl (C=O) groups is 3. The average Bonchev–Trinajstić information content (AvgIpc) is 3.28. The Morgan fingerprint density at radius 2 is 1.94 bits per heavy atom. The lowest BCUT2D eigenvalue weighted by Gasteiger charge is -2.37. The molecule has 9 nitrogen and oxygen atoms in total. The van der Waals surface area contributed by atoms with Crippen molar-refractivity contribution in [3.8, 4) is 0 Å². The predicted octanol–water partition coefficient (Wildman–Crippen LogP) is 1.74. The highest BCUT2D eigenvalue weighted by molar-refractivity contribution is 7.91. The maximum absolute atomic E-state index is 13.0. The summed E-state index contributed by atoms with van der Waals surface area (Å²) in [7, 11) is -3.65. The van der Waals surface area contributed by atoms with E-state index in [1.807, 2.05) is 6.92 Å². The molecule has 1 N–H and O–H groups in total. The highest BCUT2D eigenvalue weighted by Crippen LogP contribution is 2.38. The molecule has 1 spiro atoms. The quantitative estimate of drug-likeness (QED) is 0.649. The number of halogens is 1. The van der Waals surface area contributed by atoms with Gasteiger partial charge in [0.1, 0.15) is 16.3 Å². The third kappa shape index (κ3) is 3.96.